The first-order chi connectivity index (χ1) is 9.79. The van der Waals surface area contributed by atoms with E-state index in [1.54, 1.807) is 23.5 Å². The van der Waals surface area contributed by atoms with Gasteiger partial charge in [0.1, 0.15) is 5.82 Å². The van der Waals surface area contributed by atoms with Crippen molar-refractivity contribution in [2.24, 2.45) is 0 Å². The average Bonchev–Trinajstić information content (AvgIpc) is 2.97. The summed E-state index contributed by atoms with van der Waals surface area (Å²) in [6, 6.07) is 11.5. The Labute approximate surface area is 124 Å². The maximum absolute atomic E-state index is 13.0. The van der Waals surface area contributed by atoms with Gasteiger partial charge in [-0.1, -0.05) is 38.0 Å². The molecular formula is C17H22FNS. The number of benzene rings is 1. The first kappa shape index (κ1) is 15.2. The van der Waals surface area contributed by atoms with Gasteiger partial charge in [0.2, 0.25) is 0 Å². The number of hydrogen-bond donors (Lipinski definition) is 1. The molecule has 1 atom stereocenters. The lowest BCUT2D eigenvalue weighted by Crippen LogP contribution is -2.23. The molecule has 108 valence electrons. The second-order valence-electron chi connectivity index (χ2n) is 5.03. The Hall–Kier alpha value is -1.19. The van der Waals surface area contributed by atoms with E-state index < -0.39 is 0 Å². The van der Waals surface area contributed by atoms with Gasteiger partial charge in [-0.25, -0.2) is 4.39 Å². The fourth-order valence-corrected chi connectivity index (χ4v) is 3.02. The molecule has 20 heavy (non-hydrogen) atoms. The van der Waals surface area contributed by atoms with Gasteiger partial charge in [0.15, 0.2) is 0 Å². The molecule has 2 aromatic rings. The monoisotopic (exact) mass is 291 g/mol. The SMILES string of the molecule is CCCCC(NCCc1cccs1)c1ccc(F)cc1. The van der Waals surface area contributed by atoms with Gasteiger partial charge < -0.3 is 5.32 Å². The first-order valence-corrected chi connectivity index (χ1v) is 8.18. The second-order valence-corrected chi connectivity index (χ2v) is 6.06. The van der Waals surface area contributed by atoms with Crippen LogP contribution in [-0.2, 0) is 6.42 Å². The fraction of sp³-hybridized carbons (Fsp3) is 0.412. The molecule has 0 saturated heterocycles. The zero-order chi connectivity index (χ0) is 14.2. The standard InChI is InChI=1S/C17H22FNS/c1-2-3-6-17(14-7-9-15(18)10-8-14)19-12-11-16-5-4-13-20-16/h4-5,7-10,13,17,19H,2-3,6,11-12H2,1H3. The Morgan fingerprint density at radius 1 is 1.20 bits per heavy atom. The number of halogens is 1. The first-order valence-electron chi connectivity index (χ1n) is 7.31. The summed E-state index contributed by atoms with van der Waals surface area (Å²) in [5, 5.41) is 5.73. The molecule has 0 aliphatic rings. The van der Waals surface area contributed by atoms with Crippen molar-refractivity contribution in [1.82, 2.24) is 5.32 Å². The molecule has 0 aliphatic carbocycles. The third-order valence-corrected chi connectivity index (χ3v) is 4.40. The Balaban J connectivity index is 1.90. The van der Waals surface area contributed by atoms with Gasteiger partial charge in [-0.15, -0.1) is 11.3 Å². The van der Waals surface area contributed by atoms with Crippen LogP contribution in [0.25, 0.3) is 0 Å². The van der Waals surface area contributed by atoms with E-state index in [2.05, 4.69) is 29.8 Å². The summed E-state index contributed by atoms with van der Waals surface area (Å²) in [7, 11) is 0. The van der Waals surface area contributed by atoms with Gasteiger partial charge in [-0.3, -0.25) is 0 Å². The van der Waals surface area contributed by atoms with E-state index >= 15 is 0 Å². The van der Waals surface area contributed by atoms with Crippen molar-refractivity contribution < 1.29 is 4.39 Å². The molecular weight excluding hydrogens is 269 g/mol. The molecule has 0 radical (unpaired) electrons. The molecule has 1 N–H and O–H groups in total. The normalized spacial score (nSPS) is 12.5. The molecule has 1 unspecified atom stereocenters. The highest BCUT2D eigenvalue weighted by molar-refractivity contribution is 7.09. The maximum atomic E-state index is 13.0. The van der Waals surface area contributed by atoms with E-state index in [1.807, 2.05) is 12.1 Å². The second kappa shape index (κ2) is 8.18. The third-order valence-electron chi connectivity index (χ3n) is 3.46. The molecule has 0 saturated carbocycles. The Bertz CT molecular complexity index is 478. The van der Waals surface area contributed by atoms with Crippen molar-refractivity contribution in [3.05, 3.63) is 58.0 Å². The van der Waals surface area contributed by atoms with Crippen molar-refractivity contribution in [2.75, 3.05) is 6.54 Å². The van der Waals surface area contributed by atoms with Gasteiger partial charge in [0, 0.05) is 17.5 Å². The van der Waals surface area contributed by atoms with Crippen molar-refractivity contribution >= 4 is 11.3 Å². The van der Waals surface area contributed by atoms with Crippen LogP contribution >= 0.6 is 11.3 Å². The third kappa shape index (κ3) is 4.73. The zero-order valence-electron chi connectivity index (χ0n) is 11.9. The van der Waals surface area contributed by atoms with Gasteiger partial charge in [0.25, 0.3) is 0 Å². The van der Waals surface area contributed by atoms with Gasteiger partial charge in [-0.05, 0) is 42.0 Å². The minimum Gasteiger partial charge on any atom is -0.310 e. The zero-order valence-corrected chi connectivity index (χ0v) is 12.8. The topological polar surface area (TPSA) is 12.0 Å². The lowest BCUT2D eigenvalue weighted by Gasteiger charge is -2.19. The van der Waals surface area contributed by atoms with Crippen LogP contribution in [0.1, 0.15) is 42.7 Å². The number of unbranched alkanes of at least 4 members (excludes halogenated alkanes) is 1. The van der Waals surface area contributed by atoms with Crippen LogP contribution in [-0.4, -0.2) is 6.54 Å². The van der Waals surface area contributed by atoms with Gasteiger partial charge in [0.05, 0.1) is 0 Å². The highest BCUT2D eigenvalue weighted by Crippen LogP contribution is 2.20. The Kier molecular flexibility index (Phi) is 6.22. The molecule has 0 spiro atoms. The summed E-state index contributed by atoms with van der Waals surface area (Å²) in [4.78, 5) is 1.41. The number of nitrogens with one attached hydrogen (secondary N) is 1. The molecule has 0 bridgehead atoms. The molecule has 1 nitrogen and oxygen atoms in total. The highest BCUT2D eigenvalue weighted by atomic mass is 32.1. The van der Waals surface area contributed by atoms with E-state index in [4.69, 9.17) is 0 Å². The summed E-state index contributed by atoms with van der Waals surface area (Å²) < 4.78 is 13.0. The van der Waals surface area contributed by atoms with Crippen LogP contribution in [0, 0.1) is 5.82 Å². The van der Waals surface area contributed by atoms with Crippen molar-refractivity contribution in [1.29, 1.82) is 0 Å². The number of hydrogen-bond acceptors (Lipinski definition) is 2. The summed E-state index contributed by atoms with van der Waals surface area (Å²) in [6.45, 7) is 3.17. The van der Waals surface area contributed by atoms with Crippen LogP contribution in [0.4, 0.5) is 4.39 Å². The minimum absolute atomic E-state index is 0.165. The quantitative estimate of drug-likeness (QED) is 0.725. The largest absolute Gasteiger partial charge is 0.310 e. The summed E-state index contributed by atoms with van der Waals surface area (Å²) in [5.41, 5.74) is 1.19. The fourth-order valence-electron chi connectivity index (χ4n) is 2.31. The predicted molar refractivity (Wildman–Crippen MR) is 84.7 cm³/mol. The van der Waals surface area contributed by atoms with Crippen molar-refractivity contribution in [3.63, 3.8) is 0 Å². The van der Waals surface area contributed by atoms with Crippen LogP contribution in [0.15, 0.2) is 41.8 Å². The summed E-state index contributed by atoms with van der Waals surface area (Å²) in [5.74, 6) is -0.165. The lowest BCUT2D eigenvalue weighted by molar-refractivity contribution is 0.484. The Morgan fingerprint density at radius 2 is 2.00 bits per heavy atom. The molecule has 0 fully saturated rings. The molecule has 1 aromatic heterocycles. The maximum Gasteiger partial charge on any atom is 0.123 e. The molecule has 3 heteroatoms. The van der Waals surface area contributed by atoms with E-state index in [0.717, 1.165) is 19.4 Å². The summed E-state index contributed by atoms with van der Waals surface area (Å²) >= 11 is 1.80. The van der Waals surface area contributed by atoms with E-state index in [0.29, 0.717) is 6.04 Å². The predicted octanol–water partition coefficient (Wildman–Crippen LogP) is 4.95. The van der Waals surface area contributed by atoms with Crippen LogP contribution in [0.3, 0.4) is 0 Å². The lowest BCUT2D eigenvalue weighted by atomic mass is 10.0. The van der Waals surface area contributed by atoms with Crippen LogP contribution in [0.5, 0.6) is 0 Å². The number of rotatable bonds is 8. The van der Waals surface area contributed by atoms with E-state index in [1.165, 1.54) is 23.3 Å². The van der Waals surface area contributed by atoms with E-state index in [9.17, 15) is 4.39 Å². The van der Waals surface area contributed by atoms with Crippen LogP contribution < -0.4 is 5.32 Å². The molecule has 1 heterocycles. The molecule has 0 aliphatic heterocycles. The molecule has 0 amide bonds. The van der Waals surface area contributed by atoms with Gasteiger partial charge in [-0.2, -0.15) is 0 Å². The molecule has 1 aromatic carbocycles. The minimum atomic E-state index is -0.165. The average molecular weight is 291 g/mol. The highest BCUT2D eigenvalue weighted by Gasteiger charge is 2.10. The van der Waals surface area contributed by atoms with Crippen molar-refractivity contribution in [2.45, 2.75) is 38.6 Å². The van der Waals surface area contributed by atoms with Gasteiger partial charge >= 0.3 is 0 Å². The van der Waals surface area contributed by atoms with Crippen molar-refractivity contribution in [3.8, 4) is 0 Å². The smallest absolute Gasteiger partial charge is 0.123 e. The van der Waals surface area contributed by atoms with Crippen LogP contribution in [0.2, 0.25) is 0 Å². The number of thiophene rings is 1. The van der Waals surface area contributed by atoms with E-state index in [-0.39, 0.29) is 5.82 Å². The Morgan fingerprint density at radius 3 is 2.65 bits per heavy atom. The summed E-state index contributed by atoms with van der Waals surface area (Å²) in [6.07, 6.45) is 4.53. The molecule has 2 rings (SSSR count).